The van der Waals surface area contributed by atoms with Crippen molar-refractivity contribution in [1.82, 2.24) is 15.2 Å². The molecule has 0 fully saturated rings. The van der Waals surface area contributed by atoms with E-state index in [9.17, 15) is 22.8 Å². The van der Waals surface area contributed by atoms with Crippen LogP contribution in [0.1, 0.15) is 36.4 Å². The number of benzene rings is 1. The molecule has 200 valence electrons. The van der Waals surface area contributed by atoms with Crippen molar-refractivity contribution in [2.75, 3.05) is 6.54 Å². The number of amides is 2. The van der Waals surface area contributed by atoms with E-state index in [1.54, 1.807) is 18.2 Å². The Morgan fingerprint density at radius 2 is 1.92 bits per heavy atom. The van der Waals surface area contributed by atoms with Crippen LogP contribution >= 0.6 is 11.3 Å². The largest absolute Gasteiger partial charge is 0.340 e. The lowest BCUT2D eigenvalue weighted by Crippen LogP contribution is -2.59. The van der Waals surface area contributed by atoms with Crippen LogP contribution in [0.5, 0.6) is 0 Å². The van der Waals surface area contributed by atoms with Crippen molar-refractivity contribution in [3.05, 3.63) is 71.8 Å². The van der Waals surface area contributed by atoms with Gasteiger partial charge in [-0.1, -0.05) is 50.3 Å². The Balaban J connectivity index is 1.71. The minimum atomic E-state index is -4.42. The number of sulfone groups is 1. The molecule has 2 amide bonds. The summed E-state index contributed by atoms with van der Waals surface area (Å²) in [5.74, 6) is -1.94. The molecule has 2 unspecified atom stereocenters. The van der Waals surface area contributed by atoms with E-state index >= 15 is 0 Å². The van der Waals surface area contributed by atoms with Crippen LogP contribution in [0.25, 0.3) is 10.1 Å². The number of pyridine rings is 1. The third-order valence-electron chi connectivity index (χ3n) is 6.20. The second-order valence-electron chi connectivity index (χ2n) is 9.55. The molecule has 1 aliphatic heterocycles. The molecule has 0 radical (unpaired) electrons. The van der Waals surface area contributed by atoms with Crippen molar-refractivity contribution < 1.29 is 22.8 Å². The van der Waals surface area contributed by atoms with Crippen molar-refractivity contribution in [2.24, 2.45) is 11.7 Å². The quantitative estimate of drug-likeness (QED) is 0.428. The number of Topliss-reactive ketones (excluding diaryl/α,β-unsaturated/α-hetero) is 1. The summed E-state index contributed by atoms with van der Waals surface area (Å²) in [7, 11) is -4.42. The molecule has 38 heavy (non-hydrogen) atoms. The molecular formula is C27H30N4O5S2. The van der Waals surface area contributed by atoms with Gasteiger partial charge in [0.05, 0.1) is 10.9 Å². The van der Waals surface area contributed by atoms with Gasteiger partial charge < -0.3 is 16.0 Å². The summed E-state index contributed by atoms with van der Waals surface area (Å²) in [6.07, 6.45) is 4.94. The number of carbonyl (C=O) groups is 3. The van der Waals surface area contributed by atoms with Gasteiger partial charge in [0.2, 0.25) is 21.1 Å². The fraction of sp³-hybridized carbons (Fsp3) is 0.333. The number of carbonyl (C=O) groups excluding carboxylic acids is 3. The number of thiophene rings is 1. The molecule has 3 aromatic rings. The third-order valence-corrected chi connectivity index (χ3v) is 9.22. The maximum Gasteiger partial charge on any atom is 0.262 e. The fourth-order valence-corrected chi connectivity index (χ4v) is 7.06. The number of nitrogens with zero attached hydrogens (tertiary/aromatic N) is 2. The predicted molar refractivity (Wildman–Crippen MR) is 146 cm³/mol. The van der Waals surface area contributed by atoms with Crippen LogP contribution in [0.2, 0.25) is 0 Å². The fourth-order valence-electron chi connectivity index (χ4n) is 4.38. The number of hydrogen-bond acceptors (Lipinski definition) is 8. The van der Waals surface area contributed by atoms with Crippen molar-refractivity contribution in [1.29, 1.82) is 0 Å². The van der Waals surface area contributed by atoms with E-state index in [2.05, 4.69) is 10.3 Å². The maximum absolute atomic E-state index is 14.0. The zero-order valence-corrected chi connectivity index (χ0v) is 22.7. The number of fused-ring (bicyclic) bond motifs is 1. The summed E-state index contributed by atoms with van der Waals surface area (Å²) < 4.78 is 28.3. The second kappa shape index (κ2) is 11.5. The Morgan fingerprint density at radius 3 is 2.61 bits per heavy atom. The molecule has 0 saturated heterocycles. The number of hydrogen-bond donors (Lipinski definition) is 2. The first kappa shape index (κ1) is 27.6. The van der Waals surface area contributed by atoms with Crippen LogP contribution in [0.15, 0.2) is 71.9 Å². The van der Waals surface area contributed by atoms with Crippen molar-refractivity contribution in [2.45, 2.75) is 49.2 Å². The number of nitrogens with two attached hydrogens (primary N) is 1. The van der Waals surface area contributed by atoms with Gasteiger partial charge in [-0.15, -0.1) is 11.3 Å². The van der Waals surface area contributed by atoms with Gasteiger partial charge in [-0.2, -0.15) is 0 Å². The summed E-state index contributed by atoms with van der Waals surface area (Å²) in [4.78, 5) is 46.0. The lowest BCUT2D eigenvalue weighted by molar-refractivity contribution is -0.139. The van der Waals surface area contributed by atoms with Crippen molar-refractivity contribution in [3.8, 4) is 0 Å². The molecule has 3 atom stereocenters. The molecule has 0 bridgehead atoms. The monoisotopic (exact) mass is 554 g/mol. The number of ketones is 1. The molecule has 0 aliphatic carbocycles. The first-order chi connectivity index (χ1) is 18.1. The van der Waals surface area contributed by atoms with E-state index in [0.29, 0.717) is 11.3 Å². The highest BCUT2D eigenvalue weighted by Crippen LogP contribution is 2.26. The van der Waals surface area contributed by atoms with E-state index in [-0.39, 0.29) is 23.9 Å². The lowest BCUT2D eigenvalue weighted by Gasteiger charge is -2.35. The van der Waals surface area contributed by atoms with Crippen molar-refractivity contribution in [3.63, 3.8) is 0 Å². The Bertz CT molecular complexity index is 1430. The first-order valence-corrected chi connectivity index (χ1v) is 14.7. The molecule has 1 aromatic carbocycles. The highest BCUT2D eigenvalue weighted by Gasteiger charge is 2.45. The smallest absolute Gasteiger partial charge is 0.262 e. The van der Waals surface area contributed by atoms with E-state index in [1.807, 2.05) is 38.1 Å². The molecule has 4 rings (SSSR count). The Kier molecular flexibility index (Phi) is 8.39. The predicted octanol–water partition coefficient (Wildman–Crippen LogP) is 2.93. The van der Waals surface area contributed by atoms with Gasteiger partial charge in [-0.25, -0.2) is 13.4 Å². The molecule has 11 heteroatoms. The summed E-state index contributed by atoms with van der Waals surface area (Å²) >= 11 is 1.30. The number of rotatable bonds is 7. The average molecular weight is 555 g/mol. The SMILES string of the molecule is CC(C)C[C@H](NC(=O)c1cc2ccccc2s1)C(=O)N1CC/C=C\C(N)C(=O)C1S(=O)(=O)c1ccccn1. The highest BCUT2D eigenvalue weighted by molar-refractivity contribution is 7.92. The van der Waals surface area contributed by atoms with E-state index < -0.39 is 44.9 Å². The van der Waals surface area contributed by atoms with Gasteiger partial charge in [0.1, 0.15) is 6.04 Å². The summed E-state index contributed by atoms with van der Waals surface area (Å²) in [5.41, 5.74) is 6.00. The first-order valence-electron chi connectivity index (χ1n) is 12.3. The summed E-state index contributed by atoms with van der Waals surface area (Å²) in [6, 6.07) is 11.4. The van der Waals surface area contributed by atoms with E-state index in [1.165, 1.54) is 35.7 Å². The third kappa shape index (κ3) is 5.85. The van der Waals surface area contributed by atoms with Gasteiger partial charge in [0.25, 0.3) is 5.91 Å². The maximum atomic E-state index is 14.0. The second-order valence-corrected chi connectivity index (χ2v) is 12.6. The van der Waals surface area contributed by atoms with Crippen LogP contribution in [0.4, 0.5) is 0 Å². The Morgan fingerprint density at radius 1 is 1.18 bits per heavy atom. The molecule has 0 saturated carbocycles. The number of nitrogens with one attached hydrogen (secondary N) is 1. The minimum absolute atomic E-state index is 0.00915. The molecular weight excluding hydrogens is 524 g/mol. The van der Waals surface area contributed by atoms with Crippen LogP contribution < -0.4 is 11.1 Å². The van der Waals surface area contributed by atoms with Gasteiger partial charge >= 0.3 is 0 Å². The van der Waals surface area contributed by atoms with Gasteiger partial charge in [0.15, 0.2) is 10.8 Å². The van der Waals surface area contributed by atoms with Gasteiger partial charge in [-0.3, -0.25) is 14.4 Å². The molecule has 9 nitrogen and oxygen atoms in total. The number of aromatic nitrogens is 1. The summed E-state index contributed by atoms with van der Waals surface area (Å²) in [5, 5.41) is 1.51. The van der Waals surface area contributed by atoms with Crippen molar-refractivity contribution >= 4 is 48.9 Å². The molecule has 3 N–H and O–H groups in total. The molecule has 3 heterocycles. The van der Waals surface area contributed by atoms with E-state index in [0.717, 1.165) is 15.0 Å². The van der Waals surface area contributed by atoms with Gasteiger partial charge in [-0.05, 0) is 48.4 Å². The zero-order chi connectivity index (χ0) is 27.4. The Hall–Kier alpha value is -3.41. The van der Waals surface area contributed by atoms with Crippen LogP contribution in [-0.2, 0) is 19.4 Å². The molecule has 2 aromatic heterocycles. The average Bonchev–Trinajstić information content (AvgIpc) is 3.33. The Labute approximate surface area is 225 Å². The molecule has 1 aliphatic rings. The summed E-state index contributed by atoms with van der Waals surface area (Å²) in [6.45, 7) is 3.74. The van der Waals surface area contributed by atoms with E-state index in [4.69, 9.17) is 5.73 Å². The lowest BCUT2D eigenvalue weighted by atomic mass is 10.0. The standard InChI is InChI=1S/C27H30N4O5S2/c1-17(2)15-20(30-25(33)22-16-18-9-3-4-11-21(18)37-22)26(34)31-14-8-6-10-19(28)24(32)27(31)38(35,36)23-12-5-7-13-29-23/h3-7,9-13,16-17,19-20,27H,8,14-15,28H2,1-2H3,(H,30,33)/b10-6-/t19?,20-,27?/m0/s1. The minimum Gasteiger partial charge on any atom is -0.340 e. The topological polar surface area (TPSA) is 140 Å². The van der Waals surface area contributed by atoms with Crippen LogP contribution in [0.3, 0.4) is 0 Å². The molecule has 0 spiro atoms. The van der Waals surface area contributed by atoms with Gasteiger partial charge in [0, 0.05) is 17.4 Å². The zero-order valence-electron chi connectivity index (χ0n) is 21.1. The highest BCUT2D eigenvalue weighted by atomic mass is 32.2. The van der Waals surface area contributed by atoms with Crippen LogP contribution in [-0.4, -0.2) is 59.9 Å². The van der Waals surface area contributed by atoms with Crippen LogP contribution in [0, 0.1) is 5.92 Å². The normalized spacial score (nSPS) is 20.1.